The molecule has 0 fully saturated rings. The summed E-state index contributed by atoms with van der Waals surface area (Å²) in [5.74, 6) is 0. The first-order chi connectivity index (χ1) is 6.09. The summed E-state index contributed by atoms with van der Waals surface area (Å²) in [6.07, 6.45) is 0. The molecule has 0 aliphatic carbocycles. The van der Waals surface area contributed by atoms with Gasteiger partial charge in [0.25, 0.3) is 0 Å². The van der Waals surface area contributed by atoms with Crippen LogP contribution in [0.15, 0.2) is 10.2 Å². The van der Waals surface area contributed by atoms with Gasteiger partial charge in [0, 0.05) is 27.7 Å². The molecule has 0 bridgehead atoms. The lowest BCUT2D eigenvalue weighted by molar-refractivity contribution is -0.571. The molecular formula is C6H12N4O4. The maximum Gasteiger partial charge on any atom is 0.324 e. The summed E-state index contributed by atoms with van der Waals surface area (Å²) in [7, 11) is 0. The van der Waals surface area contributed by atoms with Gasteiger partial charge in [-0.1, -0.05) is 0 Å². The highest BCUT2D eigenvalue weighted by atomic mass is 16.6. The lowest BCUT2D eigenvalue weighted by atomic mass is 10.3. The Bertz CT molecular complexity index is 256. The third kappa shape index (κ3) is 3.04. The van der Waals surface area contributed by atoms with E-state index in [4.69, 9.17) is 0 Å². The minimum absolute atomic E-state index is 0.660. The first-order valence-corrected chi connectivity index (χ1v) is 3.82. The Hall–Kier alpha value is -1.60. The second-order valence-electron chi connectivity index (χ2n) is 3.70. The van der Waals surface area contributed by atoms with E-state index >= 15 is 0 Å². The molecule has 0 amide bonds. The minimum Gasteiger partial charge on any atom is -0.262 e. The summed E-state index contributed by atoms with van der Waals surface area (Å²) < 4.78 is 0. The van der Waals surface area contributed by atoms with Crippen molar-refractivity contribution >= 4 is 0 Å². The SMILES string of the molecule is CC(C)(/N=N/C(C)(C)[N+](=O)[O-])[N+](=O)[O-]. The Balaban J connectivity index is 4.76. The third-order valence-corrected chi connectivity index (χ3v) is 1.43. The quantitative estimate of drug-likeness (QED) is 0.392. The molecule has 0 aromatic rings. The molecule has 0 aromatic heterocycles. The van der Waals surface area contributed by atoms with Gasteiger partial charge in [0.15, 0.2) is 0 Å². The van der Waals surface area contributed by atoms with Crippen LogP contribution in [0.4, 0.5) is 0 Å². The molecule has 0 aromatic carbocycles. The van der Waals surface area contributed by atoms with E-state index in [1.54, 1.807) is 0 Å². The highest BCUT2D eigenvalue weighted by Crippen LogP contribution is 2.16. The molecule has 14 heavy (non-hydrogen) atoms. The maximum absolute atomic E-state index is 10.4. The number of hydrogen-bond acceptors (Lipinski definition) is 6. The standard InChI is InChI=1S/C6H12N4O4/c1-5(2,9(11)12)7-8-6(3,4)10(13)14/h1-4H3/b8-7+. The normalized spacial score (nSPS) is 13.1. The Morgan fingerprint density at radius 3 is 1.21 bits per heavy atom. The average Bonchev–Trinajstić information content (AvgIpc) is 2.01. The van der Waals surface area contributed by atoms with E-state index < -0.39 is 21.2 Å². The van der Waals surface area contributed by atoms with Crippen LogP contribution in [0.25, 0.3) is 0 Å². The first kappa shape index (κ1) is 12.4. The molecule has 0 aliphatic heterocycles. The van der Waals surface area contributed by atoms with E-state index in [9.17, 15) is 20.2 Å². The zero-order chi connectivity index (χ0) is 11.6. The van der Waals surface area contributed by atoms with Gasteiger partial charge in [0.2, 0.25) is 0 Å². The second-order valence-corrected chi connectivity index (χ2v) is 3.70. The van der Waals surface area contributed by atoms with Crippen LogP contribution in [0.2, 0.25) is 0 Å². The van der Waals surface area contributed by atoms with E-state index in [1.807, 2.05) is 0 Å². The molecule has 0 atom stereocenters. The summed E-state index contributed by atoms with van der Waals surface area (Å²) >= 11 is 0. The molecule has 0 aliphatic rings. The lowest BCUT2D eigenvalue weighted by Crippen LogP contribution is -2.32. The fraction of sp³-hybridized carbons (Fsp3) is 1.00. The van der Waals surface area contributed by atoms with Crippen LogP contribution in [-0.2, 0) is 0 Å². The molecule has 0 N–H and O–H groups in total. The van der Waals surface area contributed by atoms with Crippen LogP contribution < -0.4 is 0 Å². The molecule has 0 spiro atoms. The first-order valence-electron chi connectivity index (χ1n) is 3.82. The van der Waals surface area contributed by atoms with Gasteiger partial charge >= 0.3 is 11.3 Å². The van der Waals surface area contributed by atoms with Crippen LogP contribution in [0, 0.1) is 20.2 Å². The zero-order valence-corrected chi connectivity index (χ0v) is 8.42. The number of nitrogens with zero attached hydrogens (tertiary/aromatic N) is 4. The van der Waals surface area contributed by atoms with Crippen molar-refractivity contribution in [1.29, 1.82) is 0 Å². The lowest BCUT2D eigenvalue weighted by Gasteiger charge is -2.11. The minimum atomic E-state index is -1.63. The number of azo groups is 1. The van der Waals surface area contributed by atoms with E-state index in [2.05, 4.69) is 10.2 Å². The highest BCUT2D eigenvalue weighted by molar-refractivity contribution is 4.65. The summed E-state index contributed by atoms with van der Waals surface area (Å²) in [6.45, 7) is 4.86. The molecule has 80 valence electrons. The second kappa shape index (κ2) is 3.64. The van der Waals surface area contributed by atoms with Crippen molar-refractivity contribution in [2.24, 2.45) is 10.2 Å². The van der Waals surface area contributed by atoms with Crippen LogP contribution in [0.3, 0.4) is 0 Å². The van der Waals surface area contributed by atoms with Crippen LogP contribution in [0.1, 0.15) is 27.7 Å². The van der Waals surface area contributed by atoms with Crippen molar-refractivity contribution in [3.05, 3.63) is 20.2 Å². The number of hydrogen-bond donors (Lipinski definition) is 0. The van der Waals surface area contributed by atoms with E-state index in [-0.39, 0.29) is 0 Å². The highest BCUT2D eigenvalue weighted by Gasteiger charge is 2.35. The predicted molar refractivity (Wildman–Crippen MR) is 47.0 cm³/mol. The number of nitro groups is 2. The van der Waals surface area contributed by atoms with Gasteiger partial charge in [-0.25, -0.2) is 0 Å². The molecule has 0 heterocycles. The predicted octanol–water partition coefficient (Wildman–Crippen LogP) is 1.46. The molecule has 0 saturated carbocycles. The van der Waals surface area contributed by atoms with Crippen molar-refractivity contribution < 1.29 is 9.85 Å². The van der Waals surface area contributed by atoms with Gasteiger partial charge in [0.1, 0.15) is 0 Å². The Morgan fingerprint density at radius 1 is 0.857 bits per heavy atom. The largest absolute Gasteiger partial charge is 0.324 e. The van der Waals surface area contributed by atoms with Crippen molar-refractivity contribution in [1.82, 2.24) is 0 Å². The van der Waals surface area contributed by atoms with Gasteiger partial charge in [0.05, 0.1) is 9.85 Å². The van der Waals surface area contributed by atoms with Crippen molar-refractivity contribution in [2.75, 3.05) is 0 Å². The van der Waals surface area contributed by atoms with Gasteiger partial charge < -0.3 is 0 Å². The molecule has 0 rings (SSSR count). The summed E-state index contributed by atoms with van der Waals surface area (Å²) in [4.78, 5) is 19.5. The fourth-order valence-electron chi connectivity index (χ4n) is 0.318. The summed E-state index contributed by atoms with van der Waals surface area (Å²) in [5, 5.41) is 27.4. The molecule has 0 unspecified atom stereocenters. The zero-order valence-electron chi connectivity index (χ0n) is 8.42. The van der Waals surface area contributed by atoms with Crippen molar-refractivity contribution in [3.8, 4) is 0 Å². The van der Waals surface area contributed by atoms with Gasteiger partial charge in [-0.05, 0) is 0 Å². The monoisotopic (exact) mass is 204 g/mol. The molecular weight excluding hydrogens is 192 g/mol. The maximum atomic E-state index is 10.4. The third-order valence-electron chi connectivity index (χ3n) is 1.43. The van der Waals surface area contributed by atoms with Crippen molar-refractivity contribution in [2.45, 2.75) is 39.0 Å². The van der Waals surface area contributed by atoms with Gasteiger partial charge in [-0.3, -0.25) is 20.2 Å². The van der Waals surface area contributed by atoms with E-state index in [0.717, 1.165) is 0 Å². The summed E-state index contributed by atoms with van der Waals surface area (Å²) in [5.41, 5.74) is -3.26. The average molecular weight is 204 g/mol. The Kier molecular flexibility index (Phi) is 3.23. The Morgan fingerprint density at radius 2 is 1.07 bits per heavy atom. The number of rotatable bonds is 4. The van der Waals surface area contributed by atoms with Gasteiger partial charge in [-0.15, -0.1) is 10.2 Å². The fourth-order valence-corrected chi connectivity index (χ4v) is 0.318. The van der Waals surface area contributed by atoms with Crippen LogP contribution >= 0.6 is 0 Å². The molecule has 0 saturated heterocycles. The van der Waals surface area contributed by atoms with Crippen LogP contribution in [0.5, 0.6) is 0 Å². The van der Waals surface area contributed by atoms with E-state index in [0.29, 0.717) is 0 Å². The van der Waals surface area contributed by atoms with Gasteiger partial charge in [-0.2, -0.15) is 0 Å². The van der Waals surface area contributed by atoms with E-state index in [1.165, 1.54) is 27.7 Å². The smallest absolute Gasteiger partial charge is 0.262 e. The molecule has 0 radical (unpaired) electrons. The van der Waals surface area contributed by atoms with Crippen LogP contribution in [-0.4, -0.2) is 21.2 Å². The molecule has 8 heteroatoms. The topological polar surface area (TPSA) is 111 Å². The van der Waals surface area contributed by atoms with Crippen molar-refractivity contribution in [3.63, 3.8) is 0 Å². The summed E-state index contributed by atoms with van der Waals surface area (Å²) in [6, 6.07) is 0. The molecule has 8 nitrogen and oxygen atoms in total. The Labute approximate surface area is 80.3 Å².